The Morgan fingerprint density at radius 1 is 1.25 bits per heavy atom. The minimum Gasteiger partial charge on any atom is -0.481 e. The average molecular weight is 228 g/mol. The van der Waals surface area contributed by atoms with Gasteiger partial charge in [-0.2, -0.15) is 0 Å². The van der Waals surface area contributed by atoms with Crippen LogP contribution in [0.25, 0.3) is 0 Å². The van der Waals surface area contributed by atoms with E-state index in [0.29, 0.717) is 19.4 Å². The van der Waals surface area contributed by atoms with Crippen molar-refractivity contribution in [1.82, 2.24) is 0 Å². The second-order valence-corrected chi connectivity index (χ2v) is 4.42. The number of carbonyl (C=O) groups is 2. The second-order valence-electron chi connectivity index (χ2n) is 4.42. The Morgan fingerprint density at radius 3 is 2.44 bits per heavy atom. The summed E-state index contributed by atoms with van der Waals surface area (Å²) in [6, 6.07) is 0. The maximum atomic E-state index is 11.7. The predicted molar refractivity (Wildman–Crippen MR) is 53.8 cm³/mol. The van der Waals surface area contributed by atoms with Gasteiger partial charge in [-0.3, -0.25) is 9.59 Å². The number of carbonyl (C=O) groups excluding carboxylic acids is 1. The van der Waals surface area contributed by atoms with Crippen molar-refractivity contribution in [2.24, 2.45) is 11.8 Å². The van der Waals surface area contributed by atoms with Crippen molar-refractivity contribution < 1.29 is 24.2 Å². The zero-order valence-corrected chi connectivity index (χ0v) is 9.05. The standard InChI is InChI=1S/C11H16O5/c12-10(13)8-3-1-2-4-9(8)11(14)16-6-7-5-15-7/h7-9H,1-6H2,(H,12,13). The monoisotopic (exact) mass is 228 g/mol. The summed E-state index contributed by atoms with van der Waals surface area (Å²) in [5.74, 6) is -2.29. The third-order valence-electron chi connectivity index (χ3n) is 3.20. The largest absolute Gasteiger partial charge is 0.481 e. The third-order valence-corrected chi connectivity index (χ3v) is 3.20. The predicted octanol–water partition coefficient (Wildman–Crippen LogP) is 0.819. The van der Waals surface area contributed by atoms with Crippen LogP contribution in [-0.4, -0.2) is 36.4 Å². The van der Waals surface area contributed by atoms with Gasteiger partial charge in [0.1, 0.15) is 12.7 Å². The highest BCUT2D eigenvalue weighted by atomic mass is 16.6. The zero-order chi connectivity index (χ0) is 11.5. The van der Waals surface area contributed by atoms with Gasteiger partial charge in [-0.15, -0.1) is 0 Å². The number of hydrogen-bond donors (Lipinski definition) is 1. The first kappa shape index (κ1) is 11.4. The number of hydrogen-bond acceptors (Lipinski definition) is 4. The van der Waals surface area contributed by atoms with E-state index in [1.165, 1.54) is 0 Å². The molecule has 1 aliphatic heterocycles. The summed E-state index contributed by atoms with van der Waals surface area (Å²) in [6.07, 6.45) is 3.03. The highest BCUT2D eigenvalue weighted by Gasteiger charge is 2.37. The molecule has 1 N–H and O–H groups in total. The first-order valence-corrected chi connectivity index (χ1v) is 5.69. The van der Waals surface area contributed by atoms with E-state index >= 15 is 0 Å². The van der Waals surface area contributed by atoms with Crippen molar-refractivity contribution >= 4 is 11.9 Å². The van der Waals surface area contributed by atoms with Crippen LogP contribution in [0.3, 0.4) is 0 Å². The van der Waals surface area contributed by atoms with Gasteiger partial charge in [0, 0.05) is 0 Å². The Bertz CT molecular complexity index is 284. The van der Waals surface area contributed by atoms with Gasteiger partial charge in [-0.05, 0) is 12.8 Å². The Kier molecular flexibility index (Phi) is 3.43. The summed E-state index contributed by atoms with van der Waals surface area (Å²) in [7, 11) is 0. The summed E-state index contributed by atoms with van der Waals surface area (Å²) in [6.45, 7) is 0.905. The van der Waals surface area contributed by atoms with Crippen LogP contribution in [0.2, 0.25) is 0 Å². The molecule has 1 saturated carbocycles. The van der Waals surface area contributed by atoms with Crippen molar-refractivity contribution in [3.8, 4) is 0 Å². The molecule has 2 fully saturated rings. The molecule has 2 aliphatic rings. The van der Waals surface area contributed by atoms with Gasteiger partial charge >= 0.3 is 11.9 Å². The number of epoxide rings is 1. The van der Waals surface area contributed by atoms with Gasteiger partial charge in [-0.25, -0.2) is 0 Å². The molecule has 0 radical (unpaired) electrons. The Hall–Kier alpha value is -1.10. The van der Waals surface area contributed by atoms with Gasteiger partial charge < -0.3 is 14.6 Å². The lowest BCUT2D eigenvalue weighted by molar-refractivity contribution is -0.160. The Balaban J connectivity index is 1.87. The van der Waals surface area contributed by atoms with Crippen LogP contribution < -0.4 is 0 Å². The quantitative estimate of drug-likeness (QED) is 0.569. The first-order chi connectivity index (χ1) is 7.68. The van der Waals surface area contributed by atoms with Gasteiger partial charge in [0.05, 0.1) is 18.4 Å². The van der Waals surface area contributed by atoms with Gasteiger partial charge in [0.15, 0.2) is 0 Å². The van der Waals surface area contributed by atoms with Gasteiger partial charge in [-0.1, -0.05) is 12.8 Å². The molecule has 5 heteroatoms. The molecule has 16 heavy (non-hydrogen) atoms. The lowest BCUT2D eigenvalue weighted by atomic mass is 9.79. The lowest BCUT2D eigenvalue weighted by Crippen LogP contribution is -2.34. The number of esters is 1. The summed E-state index contributed by atoms with van der Waals surface area (Å²) < 4.78 is 9.99. The fourth-order valence-electron chi connectivity index (χ4n) is 2.15. The van der Waals surface area contributed by atoms with Crippen LogP contribution in [0.5, 0.6) is 0 Å². The SMILES string of the molecule is O=C(O)C1CCCCC1C(=O)OCC1CO1. The number of carboxylic acid groups (broad SMARTS) is 1. The van der Waals surface area contributed by atoms with Gasteiger partial charge in [0.2, 0.25) is 0 Å². The van der Waals surface area contributed by atoms with Gasteiger partial charge in [0.25, 0.3) is 0 Å². The first-order valence-electron chi connectivity index (χ1n) is 5.69. The zero-order valence-electron chi connectivity index (χ0n) is 9.05. The van der Waals surface area contributed by atoms with E-state index in [-0.39, 0.29) is 18.7 Å². The lowest BCUT2D eigenvalue weighted by Gasteiger charge is -2.26. The van der Waals surface area contributed by atoms with E-state index in [4.69, 9.17) is 14.6 Å². The number of carboxylic acids is 1. The van der Waals surface area contributed by atoms with Crippen molar-refractivity contribution in [2.45, 2.75) is 31.8 Å². The molecule has 5 nitrogen and oxygen atoms in total. The highest BCUT2D eigenvalue weighted by molar-refractivity contribution is 5.81. The van der Waals surface area contributed by atoms with Crippen LogP contribution in [-0.2, 0) is 19.1 Å². The second kappa shape index (κ2) is 4.82. The smallest absolute Gasteiger partial charge is 0.309 e. The van der Waals surface area contributed by atoms with E-state index in [1.54, 1.807) is 0 Å². The normalized spacial score (nSPS) is 33.1. The van der Waals surface area contributed by atoms with Crippen LogP contribution in [0, 0.1) is 11.8 Å². The van der Waals surface area contributed by atoms with E-state index < -0.39 is 17.8 Å². The van der Waals surface area contributed by atoms with E-state index in [2.05, 4.69) is 0 Å². The van der Waals surface area contributed by atoms with E-state index in [9.17, 15) is 9.59 Å². The molecule has 0 amide bonds. The summed E-state index contributed by atoms with van der Waals surface area (Å²) in [5.41, 5.74) is 0. The minimum absolute atomic E-state index is 0.0378. The summed E-state index contributed by atoms with van der Waals surface area (Å²) in [4.78, 5) is 22.7. The molecule has 1 heterocycles. The molecule has 90 valence electrons. The summed E-state index contributed by atoms with van der Waals surface area (Å²) >= 11 is 0. The van der Waals surface area contributed by atoms with Crippen LogP contribution >= 0.6 is 0 Å². The Morgan fingerprint density at radius 2 is 1.88 bits per heavy atom. The van der Waals surface area contributed by atoms with Crippen LogP contribution in [0.1, 0.15) is 25.7 Å². The Labute approximate surface area is 93.7 Å². The molecule has 0 aromatic heterocycles. The number of ether oxygens (including phenoxy) is 2. The molecule has 0 bridgehead atoms. The third kappa shape index (κ3) is 2.72. The topological polar surface area (TPSA) is 76.1 Å². The summed E-state index contributed by atoms with van der Waals surface area (Å²) in [5, 5.41) is 9.01. The number of aliphatic carboxylic acids is 1. The van der Waals surface area contributed by atoms with Crippen LogP contribution in [0.15, 0.2) is 0 Å². The minimum atomic E-state index is -0.885. The molecule has 1 aliphatic carbocycles. The van der Waals surface area contributed by atoms with Crippen molar-refractivity contribution in [1.29, 1.82) is 0 Å². The molecule has 2 rings (SSSR count). The molecule has 0 aromatic carbocycles. The molecular formula is C11H16O5. The number of rotatable bonds is 4. The van der Waals surface area contributed by atoms with Crippen LogP contribution in [0.4, 0.5) is 0 Å². The maximum absolute atomic E-state index is 11.7. The maximum Gasteiger partial charge on any atom is 0.309 e. The van der Waals surface area contributed by atoms with Crippen molar-refractivity contribution in [2.75, 3.05) is 13.2 Å². The van der Waals surface area contributed by atoms with Crippen molar-refractivity contribution in [3.05, 3.63) is 0 Å². The molecule has 3 unspecified atom stereocenters. The fourth-order valence-corrected chi connectivity index (χ4v) is 2.15. The molecule has 1 saturated heterocycles. The molecule has 3 atom stereocenters. The molecule has 0 spiro atoms. The average Bonchev–Trinajstić information content (AvgIpc) is 3.09. The molecular weight excluding hydrogens is 212 g/mol. The van der Waals surface area contributed by atoms with E-state index in [1.807, 2.05) is 0 Å². The molecule has 0 aromatic rings. The van der Waals surface area contributed by atoms with Crippen molar-refractivity contribution in [3.63, 3.8) is 0 Å². The van der Waals surface area contributed by atoms with E-state index in [0.717, 1.165) is 12.8 Å². The fraction of sp³-hybridized carbons (Fsp3) is 0.818. The highest BCUT2D eigenvalue weighted by Crippen LogP contribution is 2.31.